The van der Waals surface area contributed by atoms with Crippen LogP contribution in [0.1, 0.15) is 21.5 Å². The van der Waals surface area contributed by atoms with Crippen LogP contribution in [0.3, 0.4) is 0 Å². The van der Waals surface area contributed by atoms with Crippen LogP contribution in [0, 0.1) is 0 Å². The van der Waals surface area contributed by atoms with E-state index >= 15 is 0 Å². The summed E-state index contributed by atoms with van der Waals surface area (Å²) >= 11 is 9.29. The van der Waals surface area contributed by atoms with Crippen LogP contribution in [0.2, 0.25) is 5.02 Å². The smallest absolute Gasteiger partial charge is 0.267 e. The largest absolute Gasteiger partial charge is 0.350 e. The Hall–Kier alpha value is -2.89. The molecule has 2 amide bonds. The maximum atomic E-state index is 12.8. The molecule has 3 rings (SSSR count). The quantitative estimate of drug-likeness (QED) is 0.452. The van der Waals surface area contributed by atoms with Gasteiger partial charge in [-0.25, -0.2) is 0 Å². The number of carbonyl (C=O) groups excluding carboxylic acids is 2. The third-order valence-electron chi connectivity index (χ3n) is 4.32. The molecule has 3 aromatic rings. The number of benzene rings is 3. The third-order valence-corrected chi connectivity index (χ3v) is 5.10. The summed E-state index contributed by atoms with van der Waals surface area (Å²) in [5.74, 6) is -0.715. The zero-order valence-corrected chi connectivity index (χ0v) is 18.4. The Morgan fingerprint density at radius 3 is 2.23 bits per heavy atom. The van der Waals surface area contributed by atoms with Crippen LogP contribution in [-0.2, 0) is 11.2 Å². The lowest BCUT2D eigenvalue weighted by Gasteiger charge is -2.11. The van der Waals surface area contributed by atoms with Gasteiger partial charge in [-0.05, 0) is 60.0 Å². The second-order valence-electron chi connectivity index (χ2n) is 6.56. The Labute approximate surface area is 189 Å². The SMILES string of the molecule is O=C(NCCc1ccccc1)/C(=C\c1ccc(Cl)cc1)NC(=O)c1ccc(Br)cc1. The molecule has 0 saturated carbocycles. The van der Waals surface area contributed by atoms with Crippen molar-refractivity contribution >= 4 is 45.4 Å². The van der Waals surface area contributed by atoms with Crippen LogP contribution in [0.5, 0.6) is 0 Å². The lowest BCUT2D eigenvalue weighted by atomic mass is 10.1. The molecule has 3 aromatic carbocycles. The van der Waals surface area contributed by atoms with Crippen molar-refractivity contribution in [2.75, 3.05) is 6.54 Å². The van der Waals surface area contributed by atoms with E-state index in [2.05, 4.69) is 26.6 Å². The van der Waals surface area contributed by atoms with E-state index in [4.69, 9.17) is 11.6 Å². The fourth-order valence-electron chi connectivity index (χ4n) is 2.74. The van der Waals surface area contributed by atoms with Gasteiger partial charge in [0.25, 0.3) is 11.8 Å². The first-order valence-corrected chi connectivity index (χ1v) is 10.5. The van der Waals surface area contributed by atoms with E-state index < -0.39 is 0 Å². The zero-order chi connectivity index (χ0) is 21.3. The molecule has 0 aliphatic carbocycles. The second kappa shape index (κ2) is 10.8. The number of halogens is 2. The molecule has 0 aliphatic heterocycles. The summed E-state index contributed by atoms with van der Waals surface area (Å²) in [4.78, 5) is 25.4. The number of carbonyl (C=O) groups is 2. The molecule has 0 aliphatic rings. The van der Waals surface area contributed by atoms with E-state index in [9.17, 15) is 9.59 Å². The predicted molar refractivity (Wildman–Crippen MR) is 124 cm³/mol. The van der Waals surface area contributed by atoms with E-state index in [1.54, 1.807) is 54.6 Å². The molecule has 0 aromatic heterocycles. The van der Waals surface area contributed by atoms with Crippen molar-refractivity contribution in [2.24, 2.45) is 0 Å². The predicted octanol–water partition coefficient (Wildman–Crippen LogP) is 5.23. The fraction of sp³-hybridized carbons (Fsp3) is 0.0833. The number of amides is 2. The molecular weight excluding hydrogens is 464 g/mol. The molecule has 0 unspecified atom stereocenters. The number of nitrogens with one attached hydrogen (secondary N) is 2. The summed E-state index contributed by atoms with van der Waals surface area (Å²) in [5.41, 5.74) is 2.50. The molecule has 0 radical (unpaired) electrons. The van der Waals surface area contributed by atoms with Crippen molar-refractivity contribution in [2.45, 2.75) is 6.42 Å². The first-order valence-electron chi connectivity index (χ1n) is 9.37. The molecule has 2 N–H and O–H groups in total. The monoisotopic (exact) mass is 482 g/mol. The number of rotatable bonds is 7. The normalized spacial score (nSPS) is 11.1. The standard InChI is InChI=1S/C24H20BrClN2O2/c25-20-10-8-19(9-11-20)23(29)28-22(16-18-6-12-21(26)13-7-18)24(30)27-15-14-17-4-2-1-3-5-17/h1-13,16H,14-15H2,(H,27,30)(H,28,29)/b22-16+. The van der Waals surface area contributed by atoms with Crippen LogP contribution >= 0.6 is 27.5 Å². The fourth-order valence-corrected chi connectivity index (χ4v) is 3.13. The van der Waals surface area contributed by atoms with Gasteiger partial charge in [0, 0.05) is 21.6 Å². The summed E-state index contributed by atoms with van der Waals surface area (Å²) < 4.78 is 0.870. The lowest BCUT2D eigenvalue weighted by molar-refractivity contribution is -0.117. The highest BCUT2D eigenvalue weighted by Crippen LogP contribution is 2.14. The molecule has 0 fully saturated rings. The summed E-state index contributed by atoms with van der Waals surface area (Å²) in [6.07, 6.45) is 2.33. The van der Waals surface area contributed by atoms with E-state index in [-0.39, 0.29) is 17.5 Å². The third kappa shape index (κ3) is 6.58. The van der Waals surface area contributed by atoms with E-state index in [0.717, 1.165) is 15.6 Å². The minimum Gasteiger partial charge on any atom is -0.350 e. The molecule has 30 heavy (non-hydrogen) atoms. The van der Waals surface area contributed by atoms with Crippen molar-refractivity contribution in [1.29, 1.82) is 0 Å². The van der Waals surface area contributed by atoms with Gasteiger partial charge in [-0.3, -0.25) is 9.59 Å². The van der Waals surface area contributed by atoms with Crippen LogP contribution in [0.25, 0.3) is 6.08 Å². The van der Waals surface area contributed by atoms with Crippen LogP contribution < -0.4 is 10.6 Å². The highest BCUT2D eigenvalue weighted by atomic mass is 79.9. The average molecular weight is 484 g/mol. The highest BCUT2D eigenvalue weighted by Gasteiger charge is 2.14. The summed E-state index contributed by atoms with van der Waals surface area (Å²) in [7, 11) is 0. The van der Waals surface area contributed by atoms with Gasteiger partial charge in [-0.2, -0.15) is 0 Å². The van der Waals surface area contributed by atoms with Crippen molar-refractivity contribution in [1.82, 2.24) is 10.6 Å². The number of hydrogen-bond acceptors (Lipinski definition) is 2. The van der Waals surface area contributed by atoms with Gasteiger partial charge < -0.3 is 10.6 Å². The topological polar surface area (TPSA) is 58.2 Å². The maximum absolute atomic E-state index is 12.8. The minimum absolute atomic E-state index is 0.165. The van der Waals surface area contributed by atoms with Gasteiger partial charge in [0.2, 0.25) is 0 Å². The van der Waals surface area contributed by atoms with Crippen LogP contribution in [0.4, 0.5) is 0 Å². The van der Waals surface area contributed by atoms with Gasteiger partial charge in [0.1, 0.15) is 5.70 Å². The van der Waals surface area contributed by atoms with Gasteiger partial charge in [-0.1, -0.05) is 70.0 Å². The number of hydrogen-bond donors (Lipinski definition) is 2. The Bertz CT molecular complexity index is 1030. The van der Waals surface area contributed by atoms with Gasteiger partial charge in [-0.15, -0.1) is 0 Å². The van der Waals surface area contributed by atoms with Gasteiger partial charge in [0.05, 0.1) is 0 Å². The maximum Gasteiger partial charge on any atom is 0.267 e. The van der Waals surface area contributed by atoms with Crippen molar-refractivity contribution in [3.05, 3.63) is 111 Å². The Morgan fingerprint density at radius 2 is 1.57 bits per heavy atom. The average Bonchev–Trinajstić information content (AvgIpc) is 2.76. The van der Waals surface area contributed by atoms with Crippen molar-refractivity contribution in [3.8, 4) is 0 Å². The van der Waals surface area contributed by atoms with Crippen LogP contribution in [-0.4, -0.2) is 18.4 Å². The minimum atomic E-state index is -0.360. The molecule has 0 heterocycles. The molecule has 0 spiro atoms. The van der Waals surface area contributed by atoms with Gasteiger partial charge in [0.15, 0.2) is 0 Å². The highest BCUT2D eigenvalue weighted by molar-refractivity contribution is 9.10. The Morgan fingerprint density at radius 1 is 0.900 bits per heavy atom. The molecule has 6 heteroatoms. The van der Waals surface area contributed by atoms with Crippen LogP contribution in [0.15, 0.2) is 89.0 Å². The molecule has 0 bridgehead atoms. The summed E-state index contributed by atoms with van der Waals surface area (Å²) in [6.45, 7) is 0.453. The summed E-state index contributed by atoms with van der Waals surface area (Å²) in [5, 5.41) is 6.20. The Kier molecular flexibility index (Phi) is 7.82. The molecule has 0 atom stereocenters. The molecule has 0 saturated heterocycles. The second-order valence-corrected chi connectivity index (χ2v) is 7.91. The molecule has 4 nitrogen and oxygen atoms in total. The van der Waals surface area contributed by atoms with Crippen molar-refractivity contribution < 1.29 is 9.59 Å². The van der Waals surface area contributed by atoms with Crippen molar-refractivity contribution in [3.63, 3.8) is 0 Å². The lowest BCUT2D eigenvalue weighted by Crippen LogP contribution is -2.35. The summed E-state index contributed by atoms with van der Waals surface area (Å²) in [6, 6.07) is 23.8. The van der Waals surface area contributed by atoms with E-state index in [1.807, 2.05) is 30.3 Å². The first-order chi connectivity index (χ1) is 14.5. The van der Waals surface area contributed by atoms with Gasteiger partial charge >= 0.3 is 0 Å². The zero-order valence-electron chi connectivity index (χ0n) is 16.1. The molecule has 152 valence electrons. The Balaban J connectivity index is 1.74. The van der Waals surface area contributed by atoms with E-state index in [0.29, 0.717) is 23.6 Å². The molecular formula is C24H20BrClN2O2. The first kappa shape index (κ1) is 21.8. The van der Waals surface area contributed by atoms with E-state index in [1.165, 1.54) is 0 Å².